The van der Waals surface area contributed by atoms with Crippen molar-refractivity contribution in [1.29, 1.82) is 0 Å². The zero-order valence-electron chi connectivity index (χ0n) is 17.6. The Labute approximate surface area is 193 Å². The van der Waals surface area contributed by atoms with E-state index in [4.69, 9.17) is 14.2 Å². The summed E-state index contributed by atoms with van der Waals surface area (Å²) in [5.41, 5.74) is 1.29. The molecule has 0 amide bonds. The smallest absolute Gasteiger partial charge is 0.248 e. The second kappa shape index (κ2) is 11.8. The van der Waals surface area contributed by atoms with Gasteiger partial charge in [-0.3, -0.25) is 0 Å². The maximum Gasteiger partial charge on any atom is 0.248 e. The Bertz CT molecular complexity index is 770. The topological polar surface area (TPSA) is 88.7 Å². The summed E-state index contributed by atoms with van der Waals surface area (Å²) in [5, 5.41) is 8.45. The van der Waals surface area contributed by atoms with E-state index in [-0.39, 0.29) is 30.1 Å². The Morgan fingerprint density at radius 1 is 1.31 bits per heavy atom. The number of aromatic nitrogens is 3. The van der Waals surface area contributed by atoms with Gasteiger partial charge in [-0.25, -0.2) is 9.98 Å². The van der Waals surface area contributed by atoms with Gasteiger partial charge in [0.25, 0.3) is 0 Å². The first-order valence-electron chi connectivity index (χ1n) is 10.0. The van der Waals surface area contributed by atoms with Crippen LogP contribution in [0.15, 0.2) is 9.52 Å². The Morgan fingerprint density at radius 3 is 2.83 bits per heavy atom. The van der Waals surface area contributed by atoms with Crippen molar-refractivity contribution in [2.45, 2.75) is 65.6 Å². The van der Waals surface area contributed by atoms with E-state index in [0.717, 1.165) is 30.5 Å². The van der Waals surface area contributed by atoms with Gasteiger partial charge in [0.2, 0.25) is 5.89 Å². The largest absolute Gasteiger partial charge is 0.371 e. The molecule has 1 atom stereocenters. The van der Waals surface area contributed by atoms with Crippen molar-refractivity contribution in [3.63, 3.8) is 0 Å². The molecule has 0 spiro atoms. The van der Waals surface area contributed by atoms with Crippen molar-refractivity contribution < 1.29 is 9.26 Å². The van der Waals surface area contributed by atoms with Crippen LogP contribution in [0.2, 0.25) is 0 Å². The van der Waals surface area contributed by atoms with Gasteiger partial charge in [-0.1, -0.05) is 5.16 Å². The number of hydrogen-bond donors (Lipinski definition) is 1. The molecule has 1 N–H and O–H groups in total. The molecule has 162 valence electrons. The monoisotopic (exact) mass is 534 g/mol. The summed E-state index contributed by atoms with van der Waals surface area (Å²) in [4.78, 5) is 17.4. The summed E-state index contributed by atoms with van der Waals surface area (Å²) < 4.78 is 10.8. The van der Waals surface area contributed by atoms with E-state index in [9.17, 15) is 0 Å². The second-order valence-electron chi connectivity index (χ2n) is 6.85. The number of aliphatic imine (C=N–C) groups is 1. The average molecular weight is 534 g/mol. The van der Waals surface area contributed by atoms with Gasteiger partial charge in [-0.05, 0) is 46.5 Å². The van der Waals surface area contributed by atoms with Crippen molar-refractivity contribution in [2.24, 2.45) is 4.99 Å². The van der Waals surface area contributed by atoms with Crippen molar-refractivity contribution in [2.75, 3.05) is 20.2 Å². The summed E-state index contributed by atoms with van der Waals surface area (Å²) in [6, 6.07) is 0. The summed E-state index contributed by atoms with van der Waals surface area (Å²) in [5.74, 6) is 1.84. The molecule has 3 rings (SSSR count). The lowest BCUT2D eigenvalue weighted by molar-refractivity contribution is 0.0683. The maximum atomic E-state index is 5.50. The molecule has 1 aliphatic carbocycles. The highest BCUT2D eigenvalue weighted by Crippen LogP contribution is 2.27. The molecule has 0 fully saturated rings. The van der Waals surface area contributed by atoms with Gasteiger partial charge in [-0.15, -0.1) is 35.3 Å². The summed E-state index contributed by atoms with van der Waals surface area (Å²) in [6.07, 6.45) is 4.64. The molecule has 0 radical (unpaired) electrons. The van der Waals surface area contributed by atoms with E-state index in [0.29, 0.717) is 24.9 Å². The number of hydrogen-bond acceptors (Lipinski definition) is 7. The molecule has 10 heteroatoms. The van der Waals surface area contributed by atoms with E-state index in [1.54, 1.807) is 0 Å². The van der Waals surface area contributed by atoms with Crippen LogP contribution >= 0.6 is 35.3 Å². The van der Waals surface area contributed by atoms with Crippen LogP contribution in [0.3, 0.4) is 0 Å². The highest BCUT2D eigenvalue weighted by molar-refractivity contribution is 14.0. The first kappa shape index (κ1) is 24.0. The molecule has 0 saturated heterocycles. The van der Waals surface area contributed by atoms with E-state index < -0.39 is 0 Å². The van der Waals surface area contributed by atoms with Crippen molar-refractivity contribution >= 4 is 41.3 Å². The zero-order chi connectivity index (χ0) is 19.9. The standard InChI is InChI=1S/C19H30N6O2S.HI/c1-5-20-19(21-11-16-23-18(24-27-16)13(3)26-6-2)25(4)12-17-22-14-9-7-8-10-15(14)28-17;/h13H,5-12H2,1-4H3,(H,20,21);1H. The molecule has 0 bridgehead atoms. The minimum absolute atomic E-state index is 0. The van der Waals surface area contributed by atoms with Crippen LogP contribution < -0.4 is 5.32 Å². The molecule has 29 heavy (non-hydrogen) atoms. The number of guanidine groups is 1. The lowest BCUT2D eigenvalue weighted by Gasteiger charge is -2.20. The molecule has 0 saturated carbocycles. The van der Waals surface area contributed by atoms with Gasteiger partial charge in [-0.2, -0.15) is 4.98 Å². The third kappa shape index (κ3) is 6.61. The third-order valence-electron chi connectivity index (χ3n) is 4.59. The maximum absolute atomic E-state index is 5.50. The Morgan fingerprint density at radius 2 is 2.10 bits per heavy atom. The number of fused-ring (bicyclic) bond motifs is 1. The van der Waals surface area contributed by atoms with Crippen LogP contribution in [-0.2, 0) is 30.7 Å². The molecule has 1 unspecified atom stereocenters. The normalized spacial score (nSPS) is 14.8. The van der Waals surface area contributed by atoms with Crippen LogP contribution in [0.1, 0.15) is 67.0 Å². The number of nitrogens with zero attached hydrogens (tertiary/aromatic N) is 5. The predicted molar refractivity (Wildman–Crippen MR) is 125 cm³/mol. The summed E-state index contributed by atoms with van der Waals surface area (Å²) in [6.45, 7) is 8.37. The number of ether oxygens (including phenoxy) is 1. The fraction of sp³-hybridized carbons (Fsp3) is 0.684. The van der Waals surface area contributed by atoms with Gasteiger partial charge in [0.05, 0.1) is 12.2 Å². The molecule has 8 nitrogen and oxygen atoms in total. The molecule has 2 heterocycles. The Balaban J connectivity index is 0.00000300. The van der Waals surface area contributed by atoms with Gasteiger partial charge in [0.15, 0.2) is 11.8 Å². The molecular weight excluding hydrogens is 503 g/mol. The highest BCUT2D eigenvalue weighted by Gasteiger charge is 2.17. The minimum atomic E-state index is -0.182. The molecule has 2 aromatic heterocycles. The first-order chi connectivity index (χ1) is 13.6. The van der Waals surface area contributed by atoms with Crippen molar-refractivity contribution in [3.05, 3.63) is 27.3 Å². The number of thiazole rings is 1. The quantitative estimate of drug-likeness (QED) is 0.314. The number of aryl methyl sites for hydroxylation is 2. The van der Waals surface area contributed by atoms with Crippen molar-refractivity contribution in [1.82, 2.24) is 25.3 Å². The molecule has 0 aromatic carbocycles. The minimum Gasteiger partial charge on any atom is -0.371 e. The number of halogens is 1. The molecular formula is C19H31IN6O2S. The molecule has 0 aliphatic heterocycles. The van der Waals surface area contributed by atoms with Crippen molar-refractivity contribution in [3.8, 4) is 0 Å². The van der Waals surface area contributed by atoms with E-state index >= 15 is 0 Å². The third-order valence-corrected chi connectivity index (χ3v) is 5.73. The molecule has 2 aromatic rings. The van der Waals surface area contributed by atoms with Gasteiger partial charge >= 0.3 is 0 Å². The second-order valence-corrected chi connectivity index (χ2v) is 8.02. The van der Waals surface area contributed by atoms with Crippen LogP contribution in [-0.4, -0.2) is 46.2 Å². The van der Waals surface area contributed by atoms with Gasteiger partial charge in [0.1, 0.15) is 17.7 Å². The van der Waals surface area contributed by atoms with Crippen LogP contribution in [0.4, 0.5) is 0 Å². The SMILES string of the molecule is CCNC(=NCc1nc(C(C)OCC)no1)N(C)Cc1nc2c(s1)CCCC2.I. The number of nitrogens with one attached hydrogen (secondary N) is 1. The van der Waals surface area contributed by atoms with Crippen LogP contribution in [0.5, 0.6) is 0 Å². The van der Waals surface area contributed by atoms with Crippen LogP contribution in [0.25, 0.3) is 0 Å². The summed E-state index contributed by atoms with van der Waals surface area (Å²) in [7, 11) is 2.03. The lowest BCUT2D eigenvalue weighted by Crippen LogP contribution is -2.38. The summed E-state index contributed by atoms with van der Waals surface area (Å²) >= 11 is 1.83. The Hall–Kier alpha value is -1.27. The number of rotatable bonds is 8. The van der Waals surface area contributed by atoms with Gasteiger partial charge in [0, 0.05) is 25.1 Å². The Kier molecular flexibility index (Phi) is 9.76. The molecule has 1 aliphatic rings. The van der Waals surface area contributed by atoms with Crippen LogP contribution in [0, 0.1) is 0 Å². The van der Waals surface area contributed by atoms with Gasteiger partial charge < -0.3 is 19.5 Å². The van der Waals surface area contributed by atoms with E-state index in [1.165, 1.54) is 29.8 Å². The fourth-order valence-electron chi connectivity index (χ4n) is 3.18. The average Bonchev–Trinajstić information content (AvgIpc) is 3.31. The fourth-order valence-corrected chi connectivity index (χ4v) is 4.40. The zero-order valence-corrected chi connectivity index (χ0v) is 20.8. The van der Waals surface area contributed by atoms with E-state index in [1.807, 2.05) is 32.2 Å². The van der Waals surface area contributed by atoms with E-state index in [2.05, 4.69) is 32.3 Å². The highest BCUT2D eigenvalue weighted by atomic mass is 127. The lowest BCUT2D eigenvalue weighted by atomic mass is 10.0. The predicted octanol–water partition coefficient (Wildman–Crippen LogP) is 3.72. The first-order valence-corrected chi connectivity index (χ1v) is 10.8.